The molecular weight excluding hydrogens is 535 g/mol. The SMILES string of the molecule is Cc1ccc2nc(-c3ccc(NC(=O)c4cc(Br)ccc4I)cc3)sc2c1. The number of amides is 1. The lowest BCUT2D eigenvalue weighted by molar-refractivity contribution is 0.102. The monoisotopic (exact) mass is 548 g/mol. The molecular formula is C21H14BrIN2OS. The average Bonchev–Trinajstić information content (AvgIpc) is 3.07. The van der Waals surface area contributed by atoms with Crippen molar-refractivity contribution in [1.29, 1.82) is 0 Å². The maximum atomic E-state index is 12.5. The van der Waals surface area contributed by atoms with Gasteiger partial charge in [0, 0.05) is 19.3 Å². The number of anilines is 1. The highest BCUT2D eigenvalue weighted by molar-refractivity contribution is 14.1. The lowest BCUT2D eigenvalue weighted by Crippen LogP contribution is -2.13. The fraction of sp³-hybridized carbons (Fsp3) is 0.0476. The van der Waals surface area contributed by atoms with Gasteiger partial charge in [-0.05, 0) is 89.7 Å². The molecule has 0 atom stereocenters. The smallest absolute Gasteiger partial charge is 0.256 e. The number of nitrogens with zero attached hydrogens (tertiary/aromatic N) is 1. The molecule has 0 aliphatic carbocycles. The summed E-state index contributed by atoms with van der Waals surface area (Å²) in [6, 6.07) is 19.8. The number of hydrogen-bond acceptors (Lipinski definition) is 3. The Labute approximate surface area is 183 Å². The van der Waals surface area contributed by atoms with Gasteiger partial charge in [0.25, 0.3) is 5.91 Å². The standard InChI is InChI=1S/C21H14BrIN2OS/c1-12-2-9-18-19(10-12)27-21(25-18)13-3-6-15(7-4-13)24-20(26)16-11-14(22)5-8-17(16)23/h2-11H,1H3,(H,24,26). The first-order chi connectivity index (χ1) is 13.0. The number of aryl methyl sites for hydroxylation is 1. The van der Waals surface area contributed by atoms with Crippen LogP contribution in [0.2, 0.25) is 0 Å². The Hall–Kier alpha value is -1.77. The number of hydrogen-bond donors (Lipinski definition) is 1. The van der Waals surface area contributed by atoms with Crippen molar-refractivity contribution in [1.82, 2.24) is 4.98 Å². The molecule has 0 aliphatic rings. The zero-order valence-corrected chi connectivity index (χ0v) is 18.9. The minimum Gasteiger partial charge on any atom is -0.322 e. The van der Waals surface area contributed by atoms with Crippen LogP contribution in [-0.2, 0) is 0 Å². The summed E-state index contributed by atoms with van der Waals surface area (Å²) in [5.41, 5.74) is 4.70. The van der Waals surface area contributed by atoms with Gasteiger partial charge in [-0.2, -0.15) is 0 Å². The van der Waals surface area contributed by atoms with E-state index in [1.807, 2.05) is 42.5 Å². The molecule has 3 aromatic carbocycles. The summed E-state index contributed by atoms with van der Waals surface area (Å²) in [5.74, 6) is -0.121. The second kappa shape index (κ2) is 7.69. The summed E-state index contributed by atoms with van der Waals surface area (Å²) in [4.78, 5) is 17.3. The molecule has 1 amide bonds. The van der Waals surface area contributed by atoms with E-state index < -0.39 is 0 Å². The van der Waals surface area contributed by atoms with Crippen molar-refractivity contribution < 1.29 is 4.79 Å². The van der Waals surface area contributed by atoms with E-state index >= 15 is 0 Å². The maximum absolute atomic E-state index is 12.5. The van der Waals surface area contributed by atoms with Gasteiger partial charge >= 0.3 is 0 Å². The van der Waals surface area contributed by atoms with E-state index in [0.717, 1.165) is 29.8 Å². The van der Waals surface area contributed by atoms with Crippen LogP contribution in [-0.4, -0.2) is 10.9 Å². The molecule has 4 rings (SSSR count). The normalized spacial score (nSPS) is 10.9. The number of carbonyl (C=O) groups is 1. The molecule has 3 nitrogen and oxygen atoms in total. The number of fused-ring (bicyclic) bond motifs is 1. The van der Waals surface area contributed by atoms with E-state index in [2.05, 4.69) is 69.0 Å². The van der Waals surface area contributed by atoms with E-state index in [0.29, 0.717) is 5.56 Å². The highest BCUT2D eigenvalue weighted by atomic mass is 127. The maximum Gasteiger partial charge on any atom is 0.256 e. The molecule has 0 bridgehead atoms. The number of nitrogens with one attached hydrogen (secondary N) is 1. The lowest BCUT2D eigenvalue weighted by Gasteiger charge is -2.08. The van der Waals surface area contributed by atoms with E-state index in [1.54, 1.807) is 11.3 Å². The Morgan fingerprint density at radius 1 is 1.07 bits per heavy atom. The third-order valence-electron chi connectivity index (χ3n) is 4.11. The first kappa shape index (κ1) is 18.6. The summed E-state index contributed by atoms with van der Waals surface area (Å²) in [6.07, 6.45) is 0. The van der Waals surface area contributed by atoms with E-state index in [-0.39, 0.29) is 5.91 Å². The highest BCUT2D eigenvalue weighted by Crippen LogP contribution is 2.31. The molecule has 1 N–H and O–H groups in total. The minimum atomic E-state index is -0.121. The molecule has 0 aliphatic heterocycles. The van der Waals surface area contributed by atoms with Crippen molar-refractivity contribution in [3.63, 3.8) is 0 Å². The Morgan fingerprint density at radius 2 is 1.85 bits per heavy atom. The first-order valence-electron chi connectivity index (χ1n) is 8.23. The van der Waals surface area contributed by atoms with Gasteiger partial charge in [-0.15, -0.1) is 11.3 Å². The highest BCUT2D eigenvalue weighted by Gasteiger charge is 2.12. The Bertz CT molecular complexity index is 1150. The van der Waals surface area contributed by atoms with Crippen molar-refractivity contribution >= 4 is 71.7 Å². The quantitative estimate of drug-likeness (QED) is 0.283. The number of carbonyl (C=O) groups excluding carboxylic acids is 1. The van der Waals surface area contributed by atoms with E-state index in [4.69, 9.17) is 4.98 Å². The van der Waals surface area contributed by atoms with Crippen molar-refractivity contribution in [3.8, 4) is 10.6 Å². The third-order valence-corrected chi connectivity index (χ3v) is 6.61. The van der Waals surface area contributed by atoms with Crippen LogP contribution >= 0.6 is 49.9 Å². The molecule has 0 radical (unpaired) electrons. The van der Waals surface area contributed by atoms with Crippen LogP contribution in [0.25, 0.3) is 20.8 Å². The van der Waals surface area contributed by atoms with Crippen LogP contribution in [0.5, 0.6) is 0 Å². The molecule has 1 heterocycles. The molecule has 1 aromatic heterocycles. The average molecular weight is 549 g/mol. The molecule has 4 aromatic rings. The molecule has 134 valence electrons. The lowest BCUT2D eigenvalue weighted by atomic mass is 10.2. The van der Waals surface area contributed by atoms with Gasteiger partial charge in [-0.3, -0.25) is 4.79 Å². The summed E-state index contributed by atoms with van der Waals surface area (Å²) >= 11 is 7.26. The van der Waals surface area contributed by atoms with Gasteiger partial charge in [0.2, 0.25) is 0 Å². The van der Waals surface area contributed by atoms with Crippen LogP contribution in [0.15, 0.2) is 65.1 Å². The Kier molecular flexibility index (Phi) is 5.29. The van der Waals surface area contributed by atoms with Gasteiger partial charge in [-0.25, -0.2) is 4.98 Å². The summed E-state index contributed by atoms with van der Waals surface area (Å²) in [5, 5.41) is 3.94. The zero-order chi connectivity index (χ0) is 19.0. The van der Waals surface area contributed by atoms with Crippen LogP contribution in [0, 0.1) is 10.5 Å². The largest absolute Gasteiger partial charge is 0.322 e. The van der Waals surface area contributed by atoms with Crippen molar-refractivity contribution in [2.75, 3.05) is 5.32 Å². The summed E-state index contributed by atoms with van der Waals surface area (Å²) in [6.45, 7) is 2.09. The van der Waals surface area contributed by atoms with E-state index in [9.17, 15) is 4.79 Å². The second-order valence-electron chi connectivity index (χ2n) is 6.15. The molecule has 0 saturated heterocycles. The predicted molar refractivity (Wildman–Crippen MR) is 125 cm³/mol. The van der Waals surface area contributed by atoms with Gasteiger partial charge in [-0.1, -0.05) is 22.0 Å². The third kappa shape index (κ3) is 4.07. The van der Waals surface area contributed by atoms with E-state index in [1.165, 1.54) is 10.3 Å². The molecule has 0 spiro atoms. The number of thiazole rings is 1. The Balaban J connectivity index is 1.56. The number of rotatable bonds is 3. The van der Waals surface area contributed by atoms with Crippen molar-refractivity contribution in [3.05, 3.63) is 79.8 Å². The number of aromatic nitrogens is 1. The molecule has 6 heteroatoms. The van der Waals surface area contributed by atoms with Crippen molar-refractivity contribution in [2.24, 2.45) is 0 Å². The summed E-state index contributed by atoms with van der Waals surface area (Å²) < 4.78 is 2.98. The molecule has 27 heavy (non-hydrogen) atoms. The van der Waals surface area contributed by atoms with Gasteiger partial charge in [0.15, 0.2) is 0 Å². The molecule has 0 saturated carbocycles. The van der Waals surface area contributed by atoms with Crippen LogP contribution in [0.4, 0.5) is 5.69 Å². The van der Waals surface area contributed by atoms with Crippen LogP contribution in [0.1, 0.15) is 15.9 Å². The fourth-order valence-corrected chi connectivity index (χ4v) is 4.73. The van der Waals surface area contributed by atoms with Crippen LogP contribution < -0.4 is 5.32 Å². The van der Waals surface area contributed by atoms with Crippen molar-refractivity contribution in [2.45, 2.75) is 6.92 Å². The molecule has 0 unspecified atom stereocenters. The Morgan fingerprint density at radius 3 is 2.63 bits per heavy atom. The van der Waals surface area contributed by atoms with Gasteiger partial charge in [0.05, 0.1) is 15.8 Å². The number of halogens is 2. The van der Waals surface area contributed by atoms with Gasteiger partial charge in [0.1, 0.15) is 5.01 Å². The minimum absolute atomic E-state index is 0.121. The zero-order valence-electron chi connectivity index (χ0n) is 14.3. The summed E-state index contributed by atoms with van der Waals surface area (Å²) in [7, 11) is 0. The molecule has 0 fully saturated rings. The van der Waals surface area contributed by atoms with Gasteiger partial charge < -0.3 is 5.32 Å². The predicted octanol–water partition coefficient (Wildman–Crippen LogP) is 6.89. The fourth-order valence-electron chi connectivity index (χ4n) is 2.72. The first-order valence-corrected chi connectivity index (χ1v) is 10.9. The topological polar surface area (TPSA) is 42.0 Å². The number of benzene rings is 3. The second-order valence-corrected chi connectivity index (χ2v) is 9.25. The van der Waals surface area contributed by atoms with Crippen LogP contribution in [0.3, 0.4) is 0 Å².